The smallest absolute Gasteiger partial charge is 0.303 e. The molecule has 0 radical (unpaired) electrons. The fourth-order valence-corrected chi connectivity index (χ4v) is 2.90. The van der Waals surface area contributed by atoms with Crippen LogP contribution in [0.4, 0.5) is 4.39 Å². The van der Waals surface area contributed by atoms with Crippen LogP contribution in [0.3, 0.4) is 0 Å². The van der Waals surface area contributed by atoms with Crippen LogP contribution in [0.5, 0.6) is 0 Å². The Balaban J connectivity index is 2.08. The van der Waals surface area contributed by atoms with Gasteiger partial charge in [0.25, 0.3) is 0 Å². The highest BCUT2D eigenvalue weighted by Gasteiger charge is 2.29. The number of hydrogen-bond donors (Lipinski definition) is 3. The van der Waals surface area contributed by atoms with Crippen LogP contribution in [0.25, 0.3) is 5.70 Å². The molecule has 3 rings (SSSR count). The molecule has 1 aromatic heterocycles. The van der Waals surface area contributed by atoms with Crippen molar-refractivity contribution in [3.8, 4) is 0 Å². The molecule has 0 amide bonds. The van der Waals surface area contributed by atoms with Crippen LogP contribution in [0.15, 0.2) is 52.7 Å². The third kappa shape index (κ3) is 3.46. The van der Waals surface area contributed by atoms with Crippen molar-refractivity contribution < 1.29 is 18.7 Å². The zero-order chi connectivity index (χ0) is 17.1. The quantitative estimate of drug-likeness (QED) is 0.722. The van der Waals surface area contributed by atoms with E-state index in [1.807, 2.05) is 0 Å². The van der Waals surface area contributed by atoms with Gasteiger partial charge < -0.3 is 20.2 Å². The molecule has 1 atom stereocenters. The molecule has 1 unspecified atom stereocenters. The minimum absolute atomic E-state index is 0.0344. The van der Waals surface area contributed by atoms with Gasteiger partial charge in [-0.1, -0.05) is 0 Å². The minimum Gasteiger partial charge on any atom is -0.481 e. The summed E-state index contributed by atoms with van der Waals surface area (Å²) < 4.78 is 18.7. The molecule has 7 heteroatoms. The number of aliphatic carboxylic acids is 1. The van der Waals surface area contributed by atoms with E-state index in [1.54, 1.807) is 30.5 Å². The third-order valence-electron chi connectivity index (χ3n) is 3.75. The first-order valence-electron chi connectivity index (χ1n) is 7.36. The fraction of sp³-hybridized carbons (Fsp3) is 0.176. The molecule has 0 spiro atoms. The van der Waals surface area contributed by atoms with E-state index >= 15 is 0 Å². The monoisotopic (exact) mass is 346 g/mol. The Hall–Kier alpha value is -2.67. The van der Waals surface area contributed by atoms with Crippen molar-refractivity contribution in [2.45, 2.75) is 18.9 Å². The third-order valence-corrected chi connectivity index (χ3v) is 3.97. The largest absolute Gasteiger partial charge is 0.481 e. The SMILES string of the molecule is O=C(O)CCC1=C(c2ccc(F)cc2)NC(=S)NC1c1ccco1. The molecule has 124 valence electrons. The summed E-state index contributed by atoms with van der Waals surface area (Å²) in [5.74, 6) is -0.600. The number of furan rings is 1. The maximum absolute atomic E-state index is 13.2. The Kier molecular flexibility index (Phi) is 4.61. The maximum Gasteiger partial charge on any atom is 0.303 e. The number of carboxylic acid groups (broad SMARTS) is 1. The van der Waals surface area contributed by atoms with E-state index in [0.717, 1.165) is 11.1 Å². The molecule has 2 aromatic rings. The van der Waals surface area contributed by atoms with Gasteiger partial charge in [0.15, 0.2) is 5.11 Å². The lowest BCUT2D eigenvalue weighted by Crippen LogP contribution is -2.43. The molecule has 1 aliphatic heterocycles. The Labute approximate surface area is 143 Å². The maximum atomic E-state index is 13.2. The topological polar surface area (TPSA) is 74.5 Å². The highest BCUT2D eigenvalue weighted by atomic mass is 32.1. The highest BCUT2D eigenvalue weighted by Crippen LogP contribution is 2.34. The first-order valence-corrected chi connectivity index (χ1v) is 7.77. The number of thiocarbonyl (C=S) groups is 1. The number of carboxylic acids is 1. The molecule has 2 heterocycles. The minimum atomic E-state index is -0.896. The molecule has 0 aliphatic carbocycles. The van der Waals surface area contributed by atoms with Gasteiger partial charge in [-0.05, 0) is 66.2 Å². The Morgan fingerprint density at radius 3 is 2.67 bits per heavy atom. The van der Waals surface area contributed by atoms with Crippen LogP contribution in [-0.2, 0) is 4.79 Å². The van der Waals surface area contributed by atoms with Crippen LogP contribution in [-0.4, -0.2) is 16.2 Å². The van der Waals surface area contributed by atoms with Gasteiger partial charge in [0, 0.05) is 12.1 Å². The van der Waals surface area contributed by atoms with Crippen molar-refractivity contribution in [3.05, 3.63) is 65.4 Å². The molecule has 0 bridgehead atoms. The summed E-state index contributed by atoms with van der Waals surface area (Å²) in [5, 5.41) is 15.6. The van der Waals surface area contributed by atoms with Crippen molar-refractivity contribution >= 4 is 29.0 Å². The number of benzene rings is 1. The summed E-state index contributed by atoms with van der Waals surface area (Å²) in [7, 11) is 0. The van der Waals surface area contributed by atoms with E-state index in [9.17, 15) is 9.18 Å². The van der Waals surface area contributed by atoms with Gasteiger partial charge in [-0.25, -0.2) is 4.39 Å². The second-order valence-corrected chi connectivity index (χ2v) is 5.76. The summed E-state index contributed by atoms with van der Waals surface area (Å²) in [5.41, 5.74) is 2.21. The fourth-order valence-electron chi connectivity index (χ4n) is 2.68. The van der Waals surface area contributed by atoms with Gasteiger partial charge >= 0.3 is 5.97 Å². The lowest BCUT2D eigenvalue weighted by Gasteiger charge is -2.31. The predicted molar refractivity (Wildman–Crippen MR) is 90.5 cm³/mol. The highest BCUT2D eigenvalue weighted by molar-refractivity contribution is 7.80. The molecule has 24 heavy (non-hydrogen) atoms. The van der Waals surface area contributed by atoms with Crippen LogP contribution in [0.1, 0.15) is 30.2 Å². The molecule has 1 aromatic carbocycles. The number of halogens is 1. The van der Waals surface area contributed by atoms with Gasteiger partial charge in [-0.3, -0.25) is 4.79 Å². The molecule has 5 nitrogen and oxygen atoms in total. The van der Waals surface area contributed by atoms with E-state index in [1.165, 1.54) is 12.1 Å². The van der Waals surface area contributed by atoms with E-state index < -0.39 is 5.97 Å². The summed E-state index contributed by atoms with van der Waals surface area (Å²) in [6.45, 7) is 0. The summed E-state index contributed by atoms with van der Waals surface area (Å²) in [4.78, 5) is 11.0. The van der Waals surface area contributed by atoms with Gasteiger partial charge in [0.2, 0.25) is 0 Å². The van der Waals surface area contributed by atoms with E-state index in [0.29, 0.717) is 23.0 Å². The van der Waals surface area contributed by atoms with Crippen molar-refractivity contribution in [3.63, 3.8) is 0 Å². The second kappa shape index (κ2) is 6.84. The number of carbonyl (C=O) groups is 1. The first-order chi connectivity index (χ1) is 11.5. The van der Waals surface area contributed by atoms with Crippen molar-refractivity contribution in [1.82, 2.24) is 10.6 Å². The number of nitrogens with one attached hydrogen (secondary N) is 2. The average Bonchev–Trinajstić information content (AvgIpc) is 3.08. The normalized spacial score (nSPS) is 17.4. The Bertz CT molecular complexity index is 785. The zero-order valence-corrected chi connectivity index (χ0v) is 13.4. The average molecular weight is 346 g/mol. The first kappa shape index (κ1) is 16.2. The Morgan fingerprint density at radius 2 is 2.04 bits per heavy atom. The van der Waals surface area contributed by atoms with Crippen LogP contribution in [0.2, 0.25) is 0 Å². The number of hydrogen-bond acceptors (Lipinski definition) is 3. The Morgan fingerprint density at radius 1 is 1.29 bits per heavy atom. The summed E-state index contributed by atoms with van der Waals surface area (Å²) in [6.07, 6.45) is 1.82. The molecule has 0 fully saturated rings. The van der Waals surface area contributed by atoms with E-state index in [4.69, 9.17) is 21.7 Å². The van der Waals surface area contributed by atoms with Gasteiger partial charge in [-0.15, -0.1) is 0 Å². The zero-order valence-electron chi connectivity index (χ0n) is 12.6. The van der Waals surface area contributed by atoms with Crippen LogP contribution >= 0.6 is 12.2 Å². The molecule has 0 saturated carbocycles. The van der Waals surface area contributed by atoms with Gasteiger partial charge in [0.1, 0.15) is 17.6 Å². The molecular weight excluding hydrogens is 331 g/mol. The molecule has 0 saturated heterocycles. The number of rotatable bonds is 5. The van der Waals surface area contributed by atoms with Gasteiger partial charge in [-0.2, -0.15) is 0 Å². The summed E-state index contributed by atoms with van der Waals surface area (Å²) >= 11 is 5.26. The molecule has 1 aliphatic rings. The van der Waals surface area contributed by atoms with E-state index in [-0.39, 0.29) is 18.3 Å². The molecule has 3 N–H and O–H groups in total. The van der Waals surface area contributed by atoms with Crippen molar-refractivity contribution in [1.29, 1.82) is 0 Å². The second-order valence-electron chi connectivity index (χ2n) is 5.35. The van der Waals surface area contributed by atoms with E-state index in [2.05, 4.69) is 10.6 Å². The lowest BCUT2D eigenvalue weighted by molar-refractivity contribution is -0.136. The standard InChI is InChI=1S/C17H15FN2O3S/c18-11-5-3-10(4-6-11)15-12(7-8-14(21)22)16(20-17(24)19-15)13-2-1-9-23-13/h1-6,9,16H,7-8H2,(H,21,22)(H2,19,20,24). The summed E-state index contributed by atoms with van der Waals surface area (Å²) in [6, 6.07) is 9.16. The predicted octanol–water partition coefficient (Wildman–Crippen LogP) is 3.21. The molecular formula is C17H15FN2O3S. The van der Waals surface area contributed by atoms with Crippen LogP contribution in [0, 0.1) is 5.82 Å². The van der Waals surface area contributed by atoms with Crippen molar-refractivity contribution in [2.75, 3.05) is 0 Å². The van der Waals surface area contributed by atoms with Gasteiger partial charge in [0.05, 0.1) is 6.26 Å². The van der Waals surface area contributed by atoms with Crippen LogP contribution < -0.4 is 10.6 Å². The lowest BCUT2D eigenvalue weighted by atomic mass is 9.93. The van der Waals surface area contributed by atoms with Crippen molar-refractivity contribution in [2.24, 2.45) is 0 Å².